The number of hydrogen-bond acceptors (Lipinski definition) is 1. The molecule has 1 fully saturated rings. The summed E-state index contributed by atoms with van der Waals surface area (Å²) >= 11 is 3.48. The van der Waals surface area contributed by atoms with E-state index in [0.29, 0.717) is 0 Å². The predicted molar refractivity (Wildman–Crippen MR) is 54.4 cm³/mol. The highest BCUT2D eigenvalue weighted by Gasteiger charge is 2.15. The molecular formula is C7H15Br2N. The summed E-state index contributed by atoms with van der Waals surface area (Å²) in [5, 5.41) is 1.12. The van der Waals surface area contributed by atoms with Gasteiger partial charge in [-0.15, -0.1) is 17.0 Å². The van der Waals surface area contributed by atoms with Gasteiger partial charge < -0.3 is 0 Å². The SMILES string of the molecule is Br.CC(CBr)N1CCCC1. The topological polar surface area (TPSA) is 3.24 Å². The molecule has 1 atom stereocenters. The highest BCUT2D eigenvalue weighted by Crippen LogP contribution is 2.12. The summed E-state index contributed by atoms with van der Waals surface area (Å²) in [6, 6.07) is 0.743. The van der Waals surface area contributed by atoms with Crippen LogP contribution in [0.25, 0.3) is 0 Å². The summed E-state index contributed by atoms with van der Waals surface area (Å²) in [6.07, 6.45) is 2.80. The summed E-state index contributed by atoms with van der Waals surface area (Å²) in [5.74, 6) is 0. The van der Waals surface area contributed by atoms with Crippen LogP contribution in [0.1, 0.15) is 19.8 Å². The summed E-state index contributed by atoms with van der Waals surface area (Å²) in [7, 11) is 0. The minimum Gasteiger partial charge on any atom is -0.300 e. The molecule has 0 spiro atoms. The van der Waals surface area contributed by atoms with Gasteiger partial charge in [0.1, 0.15) is 0 Å². The van der Waals surface area contributed by atoms with Gasteiger partial charge in [-0.2, -0.15) is 0 Å². The fourth-order valence-corrected chi connectivity index (χ4v) is 1.69. The van der Waals surface area contributed by atoms with Crippen molar-refractivity contribution in [3.05, 3.63) is 0 Å². The lowest BCUT2D eigenvalue weighted by atomic mass is 10.3. The van der Waals surface area contributed by atoms with Gasteiger partial charge in [-0.3, -0.25) is 4.90 Å². The molecule has 0 radical (unpaired) electrons. The Kier molecular flexibility index (Phi) is 6.07. The largest absolute Gasteiger partial charge is 0.300 e. The molecular weight excluding hydrogens is 258 g/mol. The van der Waals surface area contributed by atoms with Gasteiger partial charge >= 0.3 is 0 Å². The molecule has 1 aliphatic rings. The zero-order chi connectivity index (χ0) is 6.69. The zero-order valence-electron chi connectivity index (χ0n) is 6.35. The first-order valence-corrected chi connectivity index (χ1v) is 4.76. The van der Waals surface area contributed by atoms with E-state index >= 15 is 0 Å². The number of halogens is 2. The molecule has 3 heteroatoms. The van der Waals surface area contributed by atoms with E-state index in [1.54, 1.807) is 0 Å². The van der Waals surface area contributed by atoms with Crippen molar-refractivity contribution >= 4 is 32.9 Å². The monoisotopic (exact) mass is 271 g/mol. The molecule has 1 aliphatic heterocycles. The van der Waals surface area contributed by atoms with Gasteiger partial charge in [-0.1, -0.05) is 15.9 Å². The van der Waals surface area contributed by atoms with Crippen molar-refractivity contribution in [3.8, 4) is 0 Å². The van der Waals surface area contributed by atoms with Crippen molar-refractivity contribution in [2.24, 2.45) is 0 Å². The molecule has 0 N–H and O–H groups in total. The Hall–Kier alpha value is 0.920. The van der Waals surface area contributed by atoms with Crippen LogP contribution < -0.4 is 0 Å². The standard InChI is InChI=1S/C7H14BrN.BrH/c1-7(6-8)9-4-2-3-5-9;/h7H,2-6H2,1H3;1H. The predicted octanol–water partition coefficient (Wildman–Crippen LogP) is 2.44. The molecule has 1 unspecified atom stereocenters. The molecule has 0 amide bonds. The van der Waals surface area contributed by atoms with E-state index in [9.17, 15) is 0 Å². The Morgan fingerprint density at radius 3 is 2.30 bits per heavy atom. The molecule has 10 heavy (non-hydrogen) atoms. The van der Waals surface area contributed by atoms with Crippen molar-refractivity contribution in [1.29, 1.82) is 0 Å². The van der Waals surface area contributed by atoms with E-state index in [-0.39, 0.29) is 17.0 Å². The minimum absolute atomic E-state index is 0. The Morgan fingerprint density at radius 1 is 1.40 bits per heavy atom. The summed E-state index contributed by atoms with van der Waals surface area (Å²) < 4.78 is 0. The second kappa shape index (κ2) is 5.56. The average Bonchev–Trinajstić information content (AvgIpc) is 2.37. The van der Waals surface area contributed by atoms with Gasteiger partial charge in [0.15, 0.2) is 0 Å². The van der Waals surface area contributed by atoms with E-state index in [1.807, 2.05) is 0 Å². The van der Waals surface area contributed by atoms with Crippen LogP contribution in [0, 0.1) is 0 Å². The van der Waals surface area contributed by atoms with Crippen molar-refractivity contribution in [2.45, 2.75) is 25.8 Å². The van der Waals surface area contributed by atoms with Gasteiger partial charge in [0.05, 0.1) is 0 Å². The maximum absolute atomic E-state index is 3.48. The summed E-state index contributed by atoms with van der Waals surface area (Å²) in [5.41, 5.74) is 0. The molecule has 0 aromatic heterocycles. The van der Waals surface area contributed by atoms with E-state index < -0.39 is 0 Å². The first-order valence-electron chi connectivity index (χ1n) is 3.64. The summed E-state index contributed by atoms with van der Waals surface area (Å²) in [6.45, 7) is 4.90. The van der Waals surface area contributed by atoms with Crippen LogP contribution in [0.2, 0.25) is 0 Å². The molecule has 0 bridgehead atoms. The molecule has 1 rings (SSSR count). The molecule has 0 aliphatic carbocycles. The lowest BCUT2D eigenvalue weighted by Crippen LogP contribution is -2.30. The molecule has 0 saturated carbocycles. The molecule has 1 heterocycles. The number of alkyl halides is 1. The van der Waals surface area contributed by atoms with Crippen LogP contribution in [0.4, 0.5) is 0 Å². The third-order valence-electron chi connectivity index (χ3n) is 1.99. The molecule has 0 aromatic rings. The quantitative estimate of drug-likeness (QED) is 0.698. The first-order chi connectivity index (χ1) is 4.34. The van der Waals surface area contributed by atoms with Crippen LogP contribution >= 0.6 is 32.9 Å². The second-order valence-electron chi connectivity index (χ2n) is 2.75. The fourth-order valence-electron chi connectivity index (χ4n) is 1.28. The normalized spacial score (nSPS) is 22.2. The van der Waals surface area contributed by atoms with Crippen LogP contribution in [0.15, 0.2) is 0 Å². The van der Waals surface area contributed by atoms with E-state index in [2.05, 4.69) is 27.8 Å². The third kappa shape index (κ3) is 2.89. The zero-order valence-corrected chi connectivity index (χ0v) is 9.65. The van der Waals surface area contributed by atoms with Crippen molar-refractivity contribution in [3.63, 3.8) is 0 Å². The van der Waals surface area contributed by atoms with Crippen LogP contribution in [0.5, 0.6) is 0 Å². The maximum Gasteiger partial charge on any atom is 0.0185 e. The van der Waals surface area contributed by atoms with E-state index in [0.717, 1.165) is 11.4 Å². The maximum atomic E-state index is 3.48. The van der Waals surface area contributed by atoms with Gasteiger partial charge in [0, 0.05) is 11.4 Å². The Labute approximate surface area is 82.1 Å². The van der Waals surface area contributed by atoms with Gasteiger partial charge in [0.25, 0.3) is 0 Å². The molecule has 1 nitrogen and oxygen atoms in total. The summed E-state index contributed by atoms with van der Waals surface area (Å²) in [4.78, 5) is 2.54. The Balaban J connectivity index is 0.000000810. The van der Waals surface area contributed by atoms with Crippen LogP contribution in [0.3, 0.4) is 0 Å². The Bertz CT molecular complexity index is 81.7. The Morgan fingerprint density at radius 2 is 1.90 bits per heavy atom. The first kappa shape index (κ1) is 10.9. The highest BCUT2D eigenvalue weighted by molar-refractivity contribution is 9.09. The van der Waals surface area contributed by atoms with Crippen molar-refractivity contribution in [2.75, 3.05) is 18.4 Å². The lowest BCUT2D eigenvalue weighted by molar-refractivity contribution is 0.281. The smallest absolute Gasteiger partial charge is 0.0185 e. The molecule has 0 aromatic carbocycles. The van der Waals surface area contributed by atoms with E-state index in [1.165, 1.54) is 25.9 Å². The third-order valence-corrected chi connectivity index (χ3v) is 2.92. The number of hydrogen-bond donors (Lipinski definition) is 0. The van der Waals surface area contributed by atoms with Crippen molar-refractivity contribution in [1.82, 2.24) is 4.90 Å². The van der Waals surface area contributed by atoms with Gasteiger partial charge in [-0.05, 0) is 32.9 Å². The number of nitrogens with zero attached hydrogens (tertiary/aromatic N) is 1. The number of likely N-dealkylation sites (tertiary alicyclic amines) is 1. The average molecular weight is 273 g/mol. The van der Waals surface area contributed by atoms with Gasteiger partial charge in [-0.25, -0.2) is 0 Å². The lowest BCUT2D eigenvalue weighted by Gasteiger charge is -2.20. The van der Waals surface area contributed by atoms with E-state index in [4.69, 9.17) is 0 Å². The minimum atomic E-state index is 0. The fraction of sp³-hybridized carbons (Fsp3) is 1.00. The highest BCUT2D eigenvalue weighted by atomic mass is 79.9. The van der Waals surface area contributed by atoms with Crippen LogP contribution in [-0.2, 0) is 0 Å². The van der Waals surface area contributed by atoms with Gasteiger partial charge in [0.2, 0.25) is 0 Å². The second-order valence-corrected chi connectivity index (χ2v) is 3.39. The number of rotatable bonds is 2. The van der Waals surface area contributed by atoms with Crippen LogP contribution in [-0.4, -0.2) is 29.4 Å². The molecule has 1 saturated heterocycles. The van der Waals surface area contributed by atoms with Crippen molar-refractivity contribution < 1.29 is 0 Å². The molecule has 62 valence electrons.